The number of methoxy groups -OCH3 is 1. The topological polar surface area (TPSA) is 21.6 Å². The van der Waals surface area contributed by atoms with Crippen molar-refractivity contribution in [2.45, 2.75) is 38.1 Å². The van der Waals surface area contributed by atoms with Crippen molar-refractivity contribution in [1.82, 2.24) is 0 Å². The Morgan fingerprint density at radius 1 is 1.31 bits per heavy atom. The van der Waals surface area contributed by atoms with Crippen molar-refractivity contribution < 1.29 is 4.74 Å². The number of rotatable bonds is 2. The van der Waals surface area contributed by atoms with Gasteiger partial charge in [-0.25, -0.2) is 0 Å². The number of hydrogen-bond acceptors (Lipinski definition) is 2. The summed E-state index contributed by atoms with van der Waals surface area (Å²) >= 11 is 0. The van der Waals surface area contributed by atoms with Gasteiger partial charge >= 0.3 is 0 Å². The summed E-state index contributed by atoms with van der Waals surface area (Å²) < 4.78 is 5.19. The Morgan fingerprint density at radius 3 is 2.56 bits per heavy atom. The highest BCUT2D eigenvalue weighted by Crippen LogP contribution is 2.31. The molecule has 86 valence electrons. The number of hydrogen-bond donors (Lipinski definition) is 0. The van der Waals surface area contributed by atoms with Gasteiger partial charge in [0.25, 0.3) is 0 Å². The zero-order valence-electron chi connectivity index (χ0n) is 9.91. The third-order valence-corrected chi connectivity index (χ3v) is 3.48. The zero-order valence-corrected chi connectivity index (χ0v) is 9.91. The third kappa shape index (κ3) is 2.43. The van der Waals surface area contributed by atoms with Crippen LogP contribution in [0.2, 0.25) is 0 Å². The molecule has 1 saturated carbocycles. The molecule has 2 aliphatic rings. The lowest BCUT2D eigenvalue weighted by Gasteiger charge is -2.23. The van der Waals surface area contributed by atoms with Crippen LogP contribution in [-0.2, 0) is 4.74 Å². The van der Waals surface area contributed by atoms with E-state index in [1.54, 1.807) is 12.7 Å². The fraction of sp³-hybridized carbons (Fsp3) is 0.500. The second kappa shape index (κ2) is 5.15. The maximum Gasteiger partial charge on any atom is 0.115 e. The predicted octanol–water partition coefficient (Wildman–Crippen LogP) is 3.42. The van der Waals surface area contributed by atoms with E-state index in [2.05, 4.69) is 29.9 Å². The van der Waals surface area contributed by atoms with Crippen LogP contribution in [0.15, 0.2) is 40.1 Å². The Kier molecular flexibility index (Phi) is 3.60. The van der Waals surface area contributed by atoms with Crippen molar-refractivity contribution in [3.8, 4) is 0 Å². The van der Waals surface area contributed by atoms with Gasteiger partial charge in [0, 0.05) is 6.04 Å². The highest BCUT2D eigenvalue weighted by atomic mass is 16.5. The minimum Gasteiger partial charge on any atom is -0.497 e. The largest absolute Gasteiger partial charge is 0.497 e. The molecule has 0 heterocycles. The van der Waals surface area contributed by atoms with Gasteiger partial charge in [-0.3, -0.25) is 4.99 Å². The molecule has 0 aromatic heterocycles. The first-order chi connectivity index (χ1) is 7.83. The van der Waals surface area contributed by atoms with Crippen molar-refractivity contribution >= 4 is 6.72 Å². The molecule has 0 amide bonds. The Morgan fingerprint density at radius 2 is 2.06 bits per heavy atom. The normalized spacial score (nSPS) is 25.3. The summed E-state index contributed by atoms with van der Waals surface area (Å²) in [5.41, 5.74) is 3.07. The molecule has 0 spiro atoms. The van der Waals surface area contributed by atoms with Crippen LogP contribution in [0.25, 0.3) is 0 Å². The molecular formula is C14H19NO. The third-order valence-electron chi connectivity index (χ3n) is 3.48. The fourth-order valence-electron chi connectivity index (χ4n) is 2.40. The maximum absolute atomic E-state index is 5.19. The summed E-state index contributed by atoms with van der Waals surface area (Å²) in [4.78, 5) is 4.13. The van der Waals surface area contributed by atoms with E-state index in [-0.39, 0.29) is 0 Å². The number of ether oxygens (including phenoxy) is 1. The Bertz CT molecular complexity index is 353. The van der Waals surface area contributed by atoms with E-state index in [1.165, 1.54) is 18.4 Å². The van der Waals surface area contributed by atoms with Gasteiger partial charge < -0.3 is 4.74 Å². The van der Waals surface area contributed by atoms with E-state index in [1.807, 2.05) is 0 Å². The Hall–Kier alpha value is -1.31. The smallest absolute Gasteiger partial charge is 0.115 e. The highest BCUT2D eigenvalue weighted by Gasteiger charge is 2.17. The molecule has 0 unspecified atom stereocenters. The van der Waals surface area contributed by atoms with Crippen molar-refractivity contribution in [3.63, 3.8) is 0 Å². The Balaban J connectivity index is 2.01. The number of nitrogens with zero attached hydrogens (tertiary/aromatic N) is 1. The van der Waals surface area contributed by atoms with Crippen molar-refractivity contribution in [1.29, 1.82) is 0 Å². The summed E-state index contributed by atoms with van der Waals surface area (Å²) in [5, 5.41) is 0. The molecule has 0 atom stereocenters. The van der Waals surface area contributed by atoms with Crippen molar-refractivity contribution in [3.05, 3.63) is 35.1 Å². The minimum atomic E-state index is 0.488. The molecule has 2 rings (SSSR count). The van der Waals surface area contributed by atoms with E-state index in [4.69, 9.17) is 4.74 Å². The summed E-state index contributed by atoms with van der Waals surface area (Å²) in [6, 6.07) is 0.488. The summed E-state index contributed by atoms with van der Waals surface area (Å²) in [6.07, 6.45) is 12.1. The van der Waals surface area contributed by atoms with Gasteiger partial charge in [-0.05, 0) is 56.5 Å². The molecule has 2 aliphatic carbocycles. The average molecular weight is 217 g/mol. The SMILES string of the molecule is C=NC1CCC(=C2C=CC(OC)=CC2)CC1. The molecule has 2 heteroatoms. The van der Waals surface area contributed by atoms with Gasteiger partial charge in [-0.15, -0.1) is 0 Å². The average Bonchev–Trinajstić information content (AvgIpc) is 2.39. The van der Waals surface area contributed by atoms with Crippen LogP contribution in [-0.4, -0.2) is 19.9 Å². The molecule has 0 aromatic carbocycles. The lowest BCUT2D eigenvalue weighted by atomic mass is 9.86. The first-order valence-electron chi connectivity index (χ1n) is 5.92. The monoisotopic (exact) mass is 217 g/mol. The van der Waals surface area contributed by atoms with Gasteiger partial charge in [0.1, 0.15) is 5.76 Å². The second-order valence-corrected chi connectivity index (χ2v) is 4.39. The first-order valence-corrected chi connectivity index (χ1v) is 5.92. The number of allylic oxidation sites excluding steroid dienone is 5. The highest BCUT2D eigenvalue weighted by molar-refractivity contribution is 5.37. The van der Waals surface area contributed by atoms with E-state index < -0.39 is 0 Å². The molecular weight excluding hydrogens is 198 g/mol. The summed E-state index contributed by atoms with van der Waals surface area (Å²) in [6.45, 7) is 3.64. The van der Waals surface area contributed by atoms with E-state index in [0.29, 0.717) is 6.04 Å². The van der Waals surface area contributed by atoms with Gasteiger partial charge in [0.2, 0.25) is 0 Å². The quantitative estimate of drug-likeness (QED) is 0.649. The summed E-state index contributed by atoms with van der Waals surface area (Å²) in [5.74, 6) is 0.978. The fourth-order valence-corrected chi connectivity index (χ4v) is 2.40. The van der Waals surface area contributed by atoms with E-state index in [0.717, 1.165) is 25.0 Å². The minimum absolute atomic E-state index is 0.488. The molecule has 0 saturated heterocycles. The molecule has 0 radical (unpaired) electrons. The number of aliphatic imine (C=N–C) groups is 1. The molecule has 0 aromatic rings. The molecule has 2 nitrogen and oxygen atoms in total. The van der Waals surface area contributed by atoms with Crippen molar-refractivity contribution in [2.24, 2.45) is 4.99 Å². The van der Waals surface area contributed by atoms with Crippen LogP contribution >= 0.6 is 0 Å². The van der Waals surface area contributed by atoms with Crippen molar-refractivity contribution in [2.75, 3.05) is 7.11 Å². The predicted molar refractivity (Wildman–Crippen MR) is 67.7 cm³/mol. The molecule has 1 fully saturated rings. The van der Waals surface area contributed by atoms with Crippen LogP contribution in [0.5, 0.6) is 0 Å². The van der Waals surface area contributed by atoms with Gasteiger partial charge in [0.15, 0.2) is 0 Å². The van der Waals surface area contributed by atoms with Crippen LogP contribution < -0.4 is 0 Å². The standard InChI is InChI=1S/C14H19NO/c1-15-13-7-3-11(4-8-13)12-5-9-14(16-2)10-6-12/h5,9-10,13H,1,3-4,6-8H2,2H3. The first kappa shape index (κ1) is 11.2. The molecule has 0 N–H and O–H groups in total. The van der Waals surface area contributed by atoms with Crippen LogP contribution in [0.4, 0.5) is 0 Å². The lowest BCUT2D eigenvalue weighted by Crippen LogP contribution is -2.12. The van der Waals surface area contributed by atoms with Gasteiger partial charge in [0.05, 0.1) is 7.11 Å². The van der Waals surface area contributed by atoms with Crippen LogP contribution in [0, 0.1) is 0 Å². The lowest BCUT2D eigenvalue weighted by molar-refractivity contribution is 0.304. The van der Waals surface area contributed by atoms with Crippen LogP contribution in [0.1, 0.15) is 32.1 Å². The molecule has 0 aliphatic heterocycles. The Labute approximate surface area is 97.4 Å². The van der Waals surface area contributed by atoms with E-state index >= 15 is 0 Å². The second-order valence-electron chi connectivity index (χ2n) is 4.39. The van der Waals surface area contributed by atoms with Crippen LogP contribution in [0.3, 0.4) is 0 Å². The van der Waals surface area contributed by atoms with Gasteiger partial charge in [-0.2, -0.15) is 0 Å². The maximum atomic E-state index is 5.19. The zero-order chi connectivity index (χ0) is 11.4. The van der Waals surface area contributed by atoms with E-state index in [9.17, 15) is 0 Å². The molecule has 16 heavy (non-hydrogen) atoms. The molecule has 0 bridgehead atoms. The summed E-state index contributed by atoms with van der Waals surface area (Å²) in [7, 11) is 1.72. The van der Waals surface area contributed by atoms with Gasteiger partial charge in [-0.1, -0.05) is 11.6 Å².